The fourth-order valence-electron chi connectivity index (χ4n) is 4.05. The summed E-state index contributed by atoms with van der Waals surface area (Å²) in [5.41, 5.74) is 1.25. The van der Waals surface area contributed by atoms with Crippen LogP contribution in [0.2, 0.25) is 0 Å². The van der Waals surface area contributed by atoms with Crippen LogP contribution in [-0.4, -0.2) is 51.6 Å². The molecule has 0 radical (unpaired) electrons. The number of unbranched alkanes of at least 4 members (excludes halogenated alkanes) is 3. The van der Waals surface area contributed by atoms with Gasteiger partial charge in [-0.2, -0.15) is 8.78 Å². The number of hydrogen-bond donors (Lipinski definition) is 2. The summed E-state index contributed by atoms with van der Waals surface area (Å²) in [7, 11) is 0. The van der Waals surface area contributed by atoms with E-state index in [2.05, 4.69) is 12.1 Å². The molecular formula is C25H35F2NO4. The van der Waals surface area contributed by atoms with Crippen LogP contribution in [-0.2, 0) is 16.0 Å². The minimum absolute atomic E-state index is 0.0183. The van der Waals surface area contributed by atoms with Crippen molar-refractivity contribution >= 4 is 11.9 Å². The molecule has 32 heavy (non-hydrogen) atoms. The summed E-state index contributed by atoms with van der Waals surface area (Å²) in [5.74, 6) is -5.42. The second kappa shape index (κ2) is 12.7. The molecule has 5 nitrogen and oxygen atoms in total. The predicted octanol–water partition coefficient (Wildman–Crippen LogP) is 4.83. The Balaban J connectivity index is 1.81. The first kappa shape index (κ1) is 26.0. The number of carbonyl (C=O) groups excluding carboxylic acids is 1. The average Bonchev–Trinajstić information content (AvgIpc) is 2.97. The molecule has 0 spiro atoms. The predicted molar refractivity (Wildman–Crippen MR) is 119 cm³/mol. The number of alkyl halides is 2. The molecule has 1 aromatic carbocycles. The Hall–Kier alpha value is -2.28. The highest BCUT2D eigenvalue weighted by Crippen LogP contribution is 2.34. The highest BCUT2D eigenvalue weighted by Gasteiger charge is 2.52. The summed E-state index contributed by atoms with van der Waals surface area (Å²) in [6.45, 7) is 2.14. The van der Waals surface area contributed by atoms with Crippen molar-refractivity contribution in [3.8, 4) is 0 Å². The second-order valence-corrected chi connectivity index (χ2v) is 8.76. The third kappa shape index (κ3) is 8.34. The number of hydrogen-bond acceptors (Lipinski definition) is 3. The van der Waals surface area contributed by atoms with Crippen molar-refractivity contribution in [3.05, 3.63) is 48.0 Å². The number of halogens is 2. The maximum Gasteiger partial charge on any atom is 0.327 e. The molecule has 0 aromatic heterocycles. The molecule has 178 valence electrons. The first-order valence-electron chi connectivity index (χ1n) is 11.5. The van der Waals surface area contributed by atoms with Gasteiger partial charge in [-0.15, -0.1) is 0 Å². The van der Waals surface area contributed by atoms with Crippen molar-refractivity contribution in [3.63, 3.8) is 0 Å². The van der Waals surface area contributed by atoms with Gasteiger partial charge in [0.2, 0.25) is 0 Å². The molecule has 1 aliphatic heterocycles. The number of nitrogens with zero attached hydrogens (tertiary/aromatic N) is 1. The summed E-state index contributed by atoms with van der Waals surface area (Å²) >= 11 is 0. The summed E-state index contributed by atoms with van der Waals surface area (Å²) in [4.78, 5) is 23.8. The lowest BCUT2D eigenvalue weighted by atomic mass is 9.95. The Morgan fingerprint density at radius 2 is 1.88 bits per heavy atom. The van der Waals surface area contributed by atoms with Gasteiger partial charge in [0, 0.05) is 19.4 Å². The quantitative estimate of drug-likeness (QED) is 0.314. The SMILES string of the molecule is C[C@H](CCCc1ccccc1)[C@@H](O)C=C[C@H]1CC(F)(F)C(=O)N1CCCCCCC(=O)O. The van der Waals surface area contributed by atoms with E-state index in [1.165, 1.54) is 10.5 Å². The van der Waals surface area contributed by atoms with Crippen LogP contribution in [0.1, 0.15) is 63.9 Å². The number of carboxylic acids is 1. The lowest BCUT2D eigenvalue weighted by Crippen LogP contribution is -2.36. The molecule has 1 amide bonds. The molecule has 3 atom stereocenters. The lowest BCUT2D eigenvalue weighted by molar-refractivity contribution is -0.148. The Bertz CT molecular complexity index is 754. The number of carboxylic acid groups (broad SMARTS) is 1. The van der Waals surface area contributed by atoms with Crippen molar-refractivity contribution in [2.45, 2.75) is 82.8 Å². The Labute approximate surface area is 189 Å². The number of likely N-dealkylation sites (tertiary alicyclic amines) is 1. The molecule has 1 saturated heterocycles. The lowest BCUT2D eigenvalue weighted by Gasteiger charge is -2.22. The molecule has 2 rings (SSSR count). The van der Waals surface area contributed by atoms with Crippen molar-refractivity contribution in [1.29, 1.82) is 0 Å². The van der Waals surface area contributed by atoms with E-state index in [0.717, 1.165) is 19.3 Å². The van der Waals surface area contributed by atoms with Gasteiger partial charge in [0.1, 0.15) is 0 Å². The Kier molecular flexibility index (Phi) is 10.3. The summed E-state index contributed by atoms with van der Waals surface area (Å²) in [6.07, 6.45) is 6.95. The van der Waals surface area contributed by atoms with Crippen LogP contribution in [0.4, 0.5) is 8.78 Å². The first-order valence-corrected chi connectivity index (χ1v) is 11.5. The largest absolute Gasteiger partial charge is 0.481 e. The highest BCUT2D eigenvalue weighted by molar-refractivity contribution is 5.86. The zero-order valence-corrected chi connectivity index (χ0v) is 18.8. The second-order valence-electron chi connectivity index (χ2n) is 8.76. The van der Waals surface area contributed by atoms with Gasteiger partial charge in [-0.05, 0) is 43.6 Å². The average molecular weight is 452 g/mol. The van der Waals surface area contributed by atoms with E-state index in [9.17, 15) is 23.5 Å². The molecule has 1 fully saturated rings. The van der Waals surface area contributed by atoms with E-state index in [1.807, 2.05) is 25.1 Å². The number of benzene rings is 1. The fourth-order valence-corrected chi connectivity index (χ4v) is 4.05. The molecular weight excluding hydrogens is 416 g/mol. The summed E-state index contributed by atoms with van der Waals surface area (Å²) in [6, 6.07) is 9.37. The van der Waals surface area contributed by atoms with Gasteiger partial charge in [0.15, 0.2) is 0 Å². The number of aliphatic hydroxyl groups is 1. The number of aliphatic carboxylic acids is 1. The topological polar surface area (TPSA) is 77.8 Å². The van der Waals surface area contributed by atoms with Gasteiger partial charge in [-0.1, -0.05) is 62.2 Å². The Morgan fingerprint density at radius 1 is 1.19 bits per heavy atom. The van der Waals surface area contributed by atoms with Gasteiger partial charge in [0.25, 0.3) is 5.91 Å². The zero-order valence-electron chi connectivity index (χ0n) is 18.8. The minimum Gasteiger partial charge on any atom is -0.481 e. The number of aliphatic hydroxyl groups excluding tert-OH is 1. The highest BCUT2D eigenvalue weighted by atomic mass is 19.3. The van der Waals surface area contributed by atoms with Gasteiger partial charge >= 0.3 is 11.9 Å². The smallest absolute Gasteiger partial charge is 0.327 e. The van der Waals surface area contributed by atoms with Crippen molar-refractivity contribution in [2.24, 2.45) is 5.92 Å². The van der Waals surface area contributed by atoms with Crippen LogP contribution in [0.5, 0.6) is 0 Å². The van der Waals surface area contributed by atoms with Gasteiger partial charge in [-0.3, -0.25) is 9.59 Å². The van der Waals surface area contributed by atoms with E-state index in [1.54, 1.807) is 12.2 Å². The molecule has 2 N–H and O–H groups in total. The molecule has 0 saturated carbocycles. The standard InChI is InChI=1S/C25H35F2NO4/c1-19(10-9-13-20-11-5-4-6-12-20)22(29)16-15-21-18-25(26,27)24(32)28(21)17-8-3-2-7-14-23(30)31/h4-6,11-12,15-16,19,21-22,29H,2-3,7-10,13-14,17-18H2,1H3,(H,30,31)/t19-,21+,22+/m1/s1. The van der Waals surface area contributed by atoms with Crippen LogP contribution in [0.25, 0.3) is 0 Å². The molecule has 1 aliphatic rings. The molecule has 7 heteroatoms. The van der Waals surface area contributed by atoms with E-state index >= 15 is 0 Å². The van der Waals surface area contributed by atoms with E-state index in [-0.39, 0.29) is 18.9 Å². The minimum atomic E-state index is -3.38. The third-order valence-corrected chi connectivity index (χ3v) is 6.06. The molecule has 1 aromatic rings. The van der Waals surface area contributed by atoms with Crippen molar-refractivity contribution < 1.29 is 28.6 Å². The monoisotopic (exact) mass is 451 g/mol. The van der Waals surface area contributed by atoms with Crippen molar-refractivity contribution in [2.75, 3.05) is 6.54 Å². The number of aryl methyl sites for hydroxylation is 1. The molecule has 1 heterocycles. The van der Waals surface area contributed by atoms with Crippen LogP contribution >= 0.6 is 0 Å². The maximum absolute atomic E-state index is 14.0. The number of amides is 1. The molecule has 0 unspecified atom stereocenters. The van der Waals surface area contributed by atoms with Crippen LogP contribution < -0.4 is 0 Å². The van der Waals surface area contributed by atoms with Gasteiger partial charge < -0.3 is 15.1 Å². The van der Waals surface area contributed by atoms with Gasteiger partial charge in [-0.25, -0.2) is 0 Å². The first-order chi connectivity index (χ1) is 15.2. The normalized spacial score (nSPS) is 20.1. The summed E-state index contributed by atoms with van der Waals surface area (Å²) in [5, 5.41) is 19.1. The molecule has 0 aliphatic carbocycles. The van der Waals surface area contributed by atoms with E-state index in [0.29, 0.717) is 25.7 Å². The maximum atomic E-state index is 14.0. The zero-order chi connectivity index (χ0) is 23.6. The number of carbonyl (C=O) groups is 2. The third-order valence-electron chi connectivity index (χ3n) is 6.06. The molecule has 0 bridgehead atoms. The van der Waals surface area contributed by atoms with E-state index < -0.39 is 36.4 Å². The van der Waals surface area contributed by atoms with Crippen LogP contribution in [0.15, 0.2) is 42.5 Å². The fraction of sp³-hybridized carbons (Fsp3) is 0.600. The summed E-state index contributed by atoms with van der Waals surface area (Å²) < 4.78 is 28.0. The van der Waals surface area contributed by atoms with Crippen LogP contribution in [0, 0.1) is 5.92 Å². The van der Waals surface area contributed by atoms with Crippen molar-refractivity contribution in [1.82, 2.24) is 4.90 Å². The number of rotatable bonds is 14. The van der Waals surface area contributed by atoms with E-state index in [4.69, 9.17) is 5.11 Å². The van der Waals surface area contributed by atoms with Gasteiger partial charge in [0.05, 0.1) is 12.1 Å². The Morgan fingerprint density at radius 3 is 2.56 bits per heavy atom. The van der Waals surface area contributed by atoms with Crippen LogP contribution in [0.3, 0.4) is 0 Å².